The molecule has 3 heterocycles. The van der Waals surface area contributed by atoms with Gasteiger partial charge in [0.1, 0.15) is 23.7 Å². The Morgan fingerprint density at radius 1 is 1.06 bits per heavy atom. The van der Waals surface area contributed by atoms with Gasteiger partial charge in [-0.1, -0.05) is 60.7 Å². The summed E-state index contributed by atoms with van der Waals surface area (Å²) in [4.78, 5) is 52.8. The minimum atomic E-state index is -0.723. The summed E-state index contributed by atoms with van der Waals surface area (Å²) >= 11 is 1.40. The summed E-state index contributed by atoms with van der Waals surface area (Å²) in [6.45, 7) is 1.16. The van der Waals surface area contributed by atoms with Crippen molar-refractivity contribution in [3.8, 4) is 0 Å². The molecule has 0 bridgehead atoms. The first-order chi connectivity index (χ1) is 17.6. The molecule has 2 aromatic rings. The van der Waals surface area contributed by atoms with Crippen LogP contribution >= 0.6 is 11.8 Å². The van der Waals surface area contributed by atoms with Gasteiger partial charge in [0.25, 0.3) is 5.91 Å². The van der Waals surface area contributed by atoms with Gasteiger partial charge in [0.05, 0.1) is 0 Å². The van der Waals surface area contributed by atoms with Crippen LogP contribution in [0.5, 0.6) is 0 Å². The number of carbonyl (C=O) groups excluding carboxylic acids is 4. The van der Waals surface area contributed by atoms with E-state index in [-0.39, 0.29) is 12.3 Å². The van der Waals surface area contributed by atoms with Gasteiger partial charge in [0.2, 0.25) is 6.41 Å². The van der Waals surface area contributed by atoms with Gasteiger partial charge in [-0.15, -0.1) is 11.8 Å². The first-order valence-corrected chi connectivity index (χ1v) is 12.7. The lowest BCUT2D eigenvalue weighted by Crippen LogP contribution is -2.69. The molecular formula is C26H25N3O6S. The molecule has 2 saturated heterocycles. The Morgan fingerprint density at radius 3 is 2.25 bits per heavy atom. The predicted octanol–water partition coefficient (Wildman–Crippen LogP) is 2.45. The molecule has 3 aliphatic rings. The van der Waals surface area contributed by atoms with Crippen molar-refractivity contribution >= 4 is 36.1 Å². The average Bonchev–Trinajstić information content (AvgIpc) is 2.88. The summed E-state index contributed by atoms with van der Waals surface area (Å²) < 4.78 is 11.5. The first-order valence-electron chi connectivity index (χ1n) is 11.7. The second kappa shape index (κ2) is 10.4. The normalized spacial score (nSPS) is 20.8. The number of fused-ring (bicyclic) bond motifs is 1. The minimum Gasteiger partial charge on any atom is -0.448 e. The van der Waals surface area contributed by atoms with E-state index in [0.717, 1.165) is 17.5 Å². The van der Waals surface area contributed by atoms with Crippen molar-refractivity contribution in [2.75, 3.05) is 25.4 Å². The standard InChI is InChI=1S/C26H25N3O6S/c30-16-27-20-23(31)29-21(19(15-36-24(20)29)14-34-26(33)28-12-7-13-28)25(32)35-22(17-8-3-1-4-9-17)18-10-5-2-6-11-18/h1-6,8-11,16,20,22,24H,7,12-15H2,(H,27,30)/t20-,24-/m1/s1. The third kappa shape index (κ3) is 4.56. The van der Waals surface area contributed by atoms with Crippen LogP contribution in [0.2, 0.25) is 0 Å². The van der Waals surface area contributed by atoms with Crippen LogP contribution in [0.15, 0.2) is 71.9 Å². The predicted molar refractivity (Wildman–Crippen MR) is 131 cm³/mol. The summed E-state index contributed by atoms with van der Waals surface area (Å²) in [7, 11) is 0. The van der Waals surface area contributed by atoms with E-state index < -0.39 is 35.5 Å². The van der Waals surface area contributed by atoms with Crippen LogP contribution in [0, 0.1) is 0 Å². The van der Waals surface area contributed by atoms with E-state index in [4.69, 9.17) is 9.47 Å². The van der Waals surface area contributed by atoms with E-state index in [2.05, 4.69) is 5.32 Å². The largest absolute Gasteiger partial charge is 0.448 e. The van der Waals surface area contributed by atoms with Gasteiger partial charge in [0, 0.05) is 24.4 Å². The number of benzene rings is 2. The van der Waals surface area contributed by atoms with Gasteiger partial charge >= 0.3 is 12.1 Å². The molecule has 3 amide bonds. The second-order valence-corrected chi connectivity index (χ2v) is 9.73. The topological polar surface area (TPSA) is 105 Å². The lowest BCUT2D eigenvalue weighted by atomic mass is 10.0. The highest BCUT2D eigenvalue weighted by Gasteiger charge is 2.54. The fraction of sp³-hybridized carbons (Fsp3) is 0.308. The van der Waals surface area contributed by atoms with Crippen LogP contribution in [-0.2, 0) is 23.9 Å². The monoisotopic (exact) mass is 507 g/mol. The molecule has 9 nitrogen and oxygen atoms in total. The number of β-lactam (4-membered cyclic amide) rings is 1. The lowest BCUT2D eigenvalue weighted by molar-refractivity contribution is -0.154. The molecule has 0 unspecified atom stereocenters. The number of amides is 3. The zero-order valence-corrected chi connectivity index (χ0v) is 20.2. The van der Waals surface area contributed by atoms with Crippen LogP contribution in [0.3, 0.4) is 0 Å². The van der Waals surface area contributed by atoms with Crippen LogP contribution in [-0.4, -0.2) is 71.0 Å². The summed E-state index contributed by atoms with van der Waals surface area (Å²) in [5, 5.41) is 2.08. The number of nitrogens with zero attached hydrogens (tertiary/aromatic N) is 2. The summed E-state index contributed by atoms with van der Waals surface area (Å²) in [6.07, 6.45) is 0.259. The molecule has 0 aromatic heterocycles. The third-order valence-corrected chi connectivity index (χ3v) is 7.74. The zero-order valence-electron chi connectivity index (χ0n) is 19.4. The molecule has 0 spiro atoms. The third-order valence-electron chi connectivity index (χ3n) is 6.40. The summed E-state index contributed by atoms with van der Waals surface area (Å²) in [6, 6.07) is 18.0. The van der Waals surface area contributed by atoms with Gasteiger partial charge < -0.3 is 19.7 Å². The van der Waals surface area contributed by atoms with E-state index in [1.807, 2.05) is 60.7 Å². The van der Waals surface area contributed by atoms with Gasteiger partial charge in [-0.3, -0.25) is 14.5 Å². The zero-order chi connectivity index (χ0) is 25.1. The molecule has 3 aliphatic heterocycles. The Balaban J connectivity index is 1.44. The minimum absolute atomic E-state index is 0.0703. The van der Waals surface area contributed by atoms with Crippen LogP contribution in [0.4, 0.5) is 4.79 Å². The van der Waals surface area contributed by atoms with Crippen LogP contribution < -0.4 is 5.32 Å². The molecule has 2 atom stereocenters. The molecule has 2 fully saturated rings. The van der Waals surface area contributed by atoms with Crippen molar-refractivity contribution in [3.05, 3.63) is 83.1 Å². The molecule has 1 N–H and O–H groups in total. The fourth-order valence-corrected chi connectivity index (χ4v) is 5.70. The number of hydrogen-bond acceptors (Lipinski definition) is 7. The molecule has 186 valence electrons. The van der Waals surface area contributed by atoms with Gasteiger partial charge in [0.15, 0.2) is 6.10 Å². The molecule has 0 radical (unpaired) electrons. The maximum atomic E-state index is 13.7. The number of thioether (sulfide) groups is 1. The van der Waals surface area contributed by atoms with Crippen molar-refractivity contribution in [2.45, 2.75) is 23.9 Å². The highest BCUT2D eigenvalue weighted by atomic mass is 32.2. The Bertz CT molecular complexity index is 1150. The second-order valence-electron chi connectivity index (χ2n) is 8.63. The molecular weight excluding hydrogens is 482 g/mol. The van der Waals surface area contributed by atoms with E-state index in [1.54, 1.807) is 4.90 Å². The van der Waals surface area contributed by atoms with E-state index >= 15 is 0 Å². The number of hydrogen-bond donors (Lipinski definition) is 1. The van der Waals surface area contributed by atoms with E-state index in [1.165, 1.54) is 16.7 Å². The number of ether oxygens (including phenoxy) is 2. The van der Waals surface area contributed by atoms with Crippen molar-refractivity contribution in [3.63, 3.8) is 0 Å². The average molecular weight is 508 g/mol. The van der Waals surface area contributed by atoms with Gasteiger partial charge in [-0.25, -0.2) is 9.59 Å². The van der Waals surface area contributed by atoms with Crippen molar-refractivity contribution in [2.24, 2.45) is 0 Å². The van der Waals surface area contributed by atoms with Gasteiger partial charge in [-0.05, 0) is 17.5 Å². The Hall–Kier alpha value is -3.79. The summed E-state index contributed by atoms with van der Waals surface area (Å²) in [5.41, 5.74) is 2.12. The first kappa shape index (κ1) is 23.9. The summed E-state index contributed by atoms with van der Waals surface area (Å²) in [5.74, 6) is -0.746. The molecule has 36 heavy (non-hydrogen) atoms. The van der Waals surface area contributed by atoms with Gasteiger partial charge in [-0.2, -0.15) is 0 Å². The van der Waals surface area contributed by atoms with E-state index in [9.17, 15) is 19.2 Å². The SMILES string of the molecule is O=CN[C@@H]1C(=O)N2C(C(=O)OC(c3ccccc3)c3ccccc3)=C(COC(=O)N3CCC3)CS[C@H]12. The van der Waals surface area contributed by atoms with Crippen LogP contribution in [0.25, 0.3) is 0 Å². The maximum Gasteiger partial charge on any atom is 0.410 e. The molecule has 2 aromatic carbocycles. The number of likely N-dealkylation sites (tertiary alicyclic amines) is 1. The molecule has 0 saturated carbocycles. The number of nitrogens with one attached hydrogen (secondary N) is 1. The Labute approximate surface area is 212 Å². The molecule has 5 rings (SSSR count). The fourth-order valence-electron chi connectivity index (χ4n) is 4.36. The maximum absolute atomic E-state index is 13.7. The smallest absolute Gasteiger partial charge is 0.410 e. The Kier molecular flexibility index (Phi) is 6.95. The quantitative estimate of drug-likeness (QED) is 0.332. The number of rotatable bonds is 8. The number of esters is 1. The molecule has 0 aliphatic carbocycles. The highest BCUT2D eigenvalue weighted by Crippen LogP contribution is 2.41. The van der Waals surface area contributed by atoms with Crippen LogP contribution in [0.1, 0.15) is 23.7 Å². The van der Waals surface area contributed by atoms with Crippen molar-refractivity contribution < 1.29 is 28.7 Å². The van der Waals surface area contributed by atoms with Crippen molar-refractivity contribution in [1.82, 2.24) is 15.1 Å². The lowest BCUT2D eigenvalue weighted by Gasteiger charge is -2.49. The highest BCUT2D eigenvalue weighted by molar-refractivity contribution is 8.00. The molecule has 10 heteroatoms. The van der Waals surface area contributed by atoms with E-state index in [0.29, 0.717) is 30.8 Å². The Morgan fingerprint density at radius 2 is 1.69 bits per heavy atom. The number of carbonyl (C=O) groups is 4. The van der Waals surface area contributed by atoms with Crippen molar-refractivity contribution in [1.29, 1.82) is 0 Å².